The van der Waals surface area contributed by atoms with Crippen LogP contribution < -0.4 is 16.0 Å². The van der Waals surface area contributed by atoms with E-state index in [1.165, 1.54) is 0 Å². The van der Waals surface area contributed by atoms with Gasteiger partial charge in [-0.1, -0.05) is 17.7 Å². The van der Waals surface area contributed by atoms with E-state index in [1.807, 2.05) is 0 Å². The minimum atomic E-state index is -0.425. The summed E-state index contributed by atoms with van der Waals surface area (Å²) in [4.78, 5) is 24.8. The molecule has 2 amide bonds. The minimum absolute atomic E-state index is 0.125. The van der Waals surface area contributed by atoms with Crippen molar-refractivity contribution < 1.29 is 9.59 Å². The maximum atomic E-state index is 11.6. The van der Waals surface area contributed by atoms with Crippen molar-refractivity contribution in [1.82, 2.24) is 5.32 Å². The summed E-state index contributed by atoms with van der Waals surface area (Å²) in [6, 6.07) is 4.85. The molecular weight excluding hydrogens is 254 g/mol. The third-order valence-corrected chi connectivity index (χ3v) is 3.24. The van der Waals surface area contributed by atoms with Crippen molar-refractivity contribution in [3.05, 3.63) is 28.8 Å². The fraction of sp³-hybridized carbons (Fsp3) is 0.333. The summed E-state index contributed by atoms with van der Waals surface area (Å²) >= 11 is 5.96. The van der Waals surface area contributed by atoms with Crippen LogP contribution in [-0.2, 0) is 16.1 Å². The van der Waals surface area contributed by atoms with Crippen LogP contribution in [-0.4, -0.2) is 24.4 Å². The number of nitrogens with two attached hydrogens (primary N) is 1. The van der Waals surface area contributed by atoms with E-state index < -0.39 is 6.04 Å². The fourth-order valence-electron chi connectivity index (χ4n) is 1.99. The van der Waals surface area contributed by atoms with Gasteiger partial charge in [-0.3, -0.25) is 14.9 Å². The largest absolute Gasteiger partial charge is 0.350 e. The minimum Gasteiger partial charge on any atom is -0.350 e. The summed E-state index contributed by atoms with van der Waals surface area (Å²) in [5.74, 6) is -0.629. The summed E-state index contributed by atoms with van der Waals surface area (Å²) in [5, 5.41) is 2.85. The lowest BCUT2D eigenvalue weighted by Gasteiger charge is -2.34. The Morgan fingerprint density at radius 3 is 2.89 bits per heavy atom. The molecule has 1 heterocycles. The molecule has 0 spiro atoms. The molecule has 0 radical (unpaired) electrons. The molecule has 1 saturated heterocycles. The molecule has 18 heavy (non-hydrogen) atoms. The van der Waals surface area contributed by atoms with E-state index in [1.54, 1.807) is 30.0 Å². The predicted octanol–water partition coefficient (Wildman–Crippen LogP) is 0.650. The Hall–Kier alpha value is -1.59. The van der Waals surface area contributed by atoms with Crippen LogP contribution in [0.2, 0.25) is 5.02 Å². The molecule has 1 aliphatic heterocycles. The van der Waals surface area contributed by atoms with Crippen LogP contribution in [0.3, 0.4) is 0 Å². The van der Waals surface area contributed by atoms with Gasteiger partial charge in [0.2, 0.25) is 11.8 Å². The zero-order valence-electron chi connectivity index (χ0n) is 9.94. The van der Waals surface area contributed by atoms with Crippen molar-refractivity contribution in [2.45, 2.75) is 19.5 Å². The average Bonchev–Trinajstić information content (AvgIpc) is 2.33. The van der Waals surface area contributed by atoms with Crippen LogP contribution in [0.25, 0.3) is 0 Å². The maximum Gasteiger partial charge on any atom is 0.249 e. The van der Waals surface area contributed by atoms with E-state index in [0.29, 0.717) is 11.6 Å². The molecule has 1 atom stereocenters. The number of carbonyl (C=O) groups excluding carboxylic acids is 2. The third-order valence-electron chi connectivity index (χ3n) is 3.00. The first kappa shape index (κ1) is 12.9. The molecule has 3 N–H and O–H groups in total. The standard InChI is InChI=1S/C12H14ClN3O2/c1-7-12(18)15-11(17)6-16(7)10-4-9(13)3-2-8(10)5-14/h2-4,7H,5-6,14H2,1H3,(H,15,17,18). The van der Waals surface area contributed by atoms with Crippen molar-refractivity contribution in [3.8, 4) is 0 Å². The fourth-order valence-corrected chi connectivity index (χ4v) is 2.15. The molecule has 96 valence electrons. The molecular formula is C12H14ClN3O2. The Labute approximate surface area is 110 Å². The second-order valence-corrected chi connectivity index (χ2v) is 4.63. The Morgan fingerprint density at radius 1 is 1.50 bits per heavy atom. The van der Waals surface area contributed by atoms with Gasteiger partial charge in [0, 0.05) is 17.3 Å². The number of nitrogens with one attached hydrogen (secondary N) is 1. The molecule has 6 heteroatoms. The highest BCUT2D eigenvalue weighted by molar-refractivity contribution is 6.30. The SMILES string of the molecule is CC1C(=O)NC(=O)CN1c1cc(Cl)ccc1CN. The normalized spacial score (nSPS) is 19.9. The van der Waals surface area contributed by atoms with Gasteiger partial charge in [0.1, 0.15) is 6.04 Å². The molecule has 2 rings (SSSR count). The number of hydrogen-bond acceptors (Lipinski definition) is 4. The highest BCUT2D eigenvalue weighted by Gasteiger charge is 2.31. The number of piperazine rings is 1. The number of halogens is 1. The Morgan fingerprint density at radius 2 is 2.22 bits per heavy atom. The van der Waals surface area contributed by atoms with Gasteiger partial charge in [0.25, 0.3) is 0 Å². The van der Waals surface area contributed by atoms with Crippen LogP contribution in [0.5, 0.6) is 0 Å². The summed E-state index contributed by atoms with van der Waals surface area (Å²) < 4.78 is 0. The topological polar surface area (TPSA) is 75.4 Å². The molecule has 1 fully saturated rings. The Kier molecular flexibility index (Phi) is 3.54. The van der Waals surface area contributed by atoms with Crippen molar-refractivity contribution in [2.75, 3.05) is 11.4 Å². The van der Waals surface area contributed by atoms with Crippen molar-refractivity contribution in [2.24, 2.45) is 5.73 Å². The molecule has 0 saturated carbocycles. The average molecular weight is 268 g/mol. The van der Waals surface area contributed by atoms with Crippen molar-refractivity contribution >= 4 is 29.1 Å². The van der Waals surface area contributed by atoms with E-state index in [-0.39, 0.29) is 18.4 Å². The molecule has 0 aromatic heterocycles. The zero-order chi connectivity index (χ0) is 13.3. The molecule has 1 unspecified atom stereocenters. The number of amides is 2. The van der Waals surface area contributed by atoms with Crippen LogP contribution in [0, 0.1) is 0 Å². The highest BCUT2D eigenvalue weighted by atomic mass is 35.5. The van der Waals surface area contributed by atoms with Crippen molar-refractivity contribution in [3.63, 3.8) is 0 Å². The van der Waals surface area contributed by atoms with E-state index in [2.05, 4.69) is 5.32 Å². The van der Waals surface area contributed by atoms with Gasteiger partial charge in [-0.2, -0.15) is 0 Å². The van der Waals surface area contributed by atoms with Gasteiger partial charge in [-0.25, -0.2) is 0 Å². The van der Waals surface area contributed by atoms with Crippen LogP contribution in [0.15, 0.2) is 18.2 Å². The van der Waals surface area contributed by atoms with Crippen LogP contribution in [0.4, 0.5) is 5.69 Å². The number of hydrogen-bond donors (Lipinski definition) is 2. The second kappa shape index (κ2) is 4.96. The number of benzene rings is 1. The second-order valence-electron chi connectivity index (χ2n) is 4.19. The number of rotatable bonds is 2. The van der Waals surface area contributed by atoms with Gasteiger partial charge >= 0.3 is 0 Å². The monoisotopic (exact) mass is 267 g/mol. The maximum absolute atomic E-state index is 11.6. The quantitative estimate of drug-likeness (QED) is 0.772. The highest BCUT2D eigenvalue weighted by Crippen LogP contribution is 2.27. The van der Waals surface area contributed by atoms with Crippen LogP contribution in [0.1, 0.15) is 12.5 Å². The third kappa shape index (κ3) is 2.32. The smallest absolute Gasteiger partial charge is 0.249 e. The number of carbonyl (C=O) groups is 2. The molecule has 1 aromatic carbocycles. The molecule has 1 aromatic rings. The van der Waals surface area contributed by atoms with Gasteiger partial charge in [0.15, 0.2) is 0 Å². The van der Waals surface area contributed by atoms with E-state index in [4.69, 9.17) is 17.3 Å². The molecule has 1 aliphatic rings. The number of anilines is 1. The summed E-state index contributed by atoms with van der Waals surface area (Å²) in [5.41, 5.74) is 7.26. The first-order valence-electron chi connectivity index (χ1n) is 5.61. The van der Waals surface area contributed by atoms with Gasteiger partial charge < -0.3 is 10.6 Å². The van der Waals surface area contributed by atoms with Gasteiger partial charge in [-0.05, 0) is 24.6 Å². The molecule has 0 bridgehead atoms. The Bertz CT molecular complexity index is 504. The number of imide groups is 1. The predicted molar refractivity (Wildman–Crippen MR) is 69.3 cm³/mol. The first-order chi connectivity index (χ1) is 8.52. The van der Waals surface area contributed by atoms with E-state index in [9.17, 15) is 9.59 Å². The number of nitrogens with zero attached hydrogens (tertiary/aromatic N) is 1. The molecule has 0 aliphatic carbocycles. The lowest BCUT2D eigenvalue weighted by atomic mass is 10.1. The summed E-state index contributed by atoms with van der Waals surface area (Å²) in [6.07, 6.45) is 0. The lowest BCUT2D eigenvalue weighted by molar-refractivity contribution is -0.132. The van der Waals surface area contributed by atoms with Crippen LogP contribution >= 0.6 is 11.6 Å². The Balaban J connectivity index is 2.43. The van der Waals surface area contributed by atoms with Gasteiger partial charge in [-0.15, -0.1) is 0 Å². The lowest BCUT2D eigenvalue weighted by Crippen LogP contribution is -2.57. The van der Waals surface area contributed by atoms with Gasteiger partial charge in [0.05, 0.1) is 6.54 Å². The summed E-state index contributed by atoms with van der Waals surface area (Å²) in [6.45, 7) is 2.19. The zero-order valence-corrected chi connectivity index (χ0v) is 10.7. The van der Waals surface area contributed by atoms with Crippen molar-refractivity contribution in [1.29, 1.82) is 0 Å². The molecule has 5 nitrogen and oxygen atoms in total. The summed E-state index contributed by atoms with van der Waals surface area (Å²) in [7, 11) is 0. The van der Waals surface area contributed by atoms with E-state index >= 15 is 0 Å². The van der Waals surface area contributed by atoms with E-state index in [0.717, 1.165) is 11.3 Å². The first-order valence-corrected chi connectivity index (χ1v) is 5.99.